The summed E-state index contributed by atoms with van der Waals surface area (Å²) in [5.74, 6) is -1.44. The molecule has 1 aromatic carbocycles. The van der Waals surface area contributed by atoms with Crippen LogP contribution in [0.2, 0.25) is 0 Å². The van der Waals surface area contributed by atoms with Crippen molar-refractivity contribution >= 4 is 23.3 Å². The molecule has 2 amide bonds. The predicted octanol–water partition coefficient (Wildman–Crippen LogP) is -0.000700. The van der Waals surface area contributed by atoms with E-state index >= 15 is 0 Å². The number of guanidine groups is 1. The fourth-order valence-electron chi connectivity index (χ4n) is 2.13. The first-order chi connectivity index (χ1) is 11.3. The average Bonchev–Trinajstić information content (AvgIpc) is 2.50. The molecule has 8 heteroatoms. The topological polar surface area (TPSA) is 157 Å². The van der Waals surface area contributed by atoms with Crippen LogP contribution >= 0.6 is 0 Å². The number of amides is 2. The second-order valence-corrected chi connectivity index (χ2v) is 5.20. The van der Waals surface area contributed by atoms with Crippen molar-refractivity contribution < 1.29 is 14.7 Å². The number of aliphatic hydroxyl groups excluding tert-OH is 1. The molecule has 0 unspecified atom stereocenters. The van der Waals surface area contributed by atoms with Gasteiger partial charge in [0.05, 0.1) is 5.57 Å². The first kappa shape index (κ1) is 19.0. The maximum absolute atomic E-state index is 12.4. The van der Waals surface area contributed by atoms with Crippen LogP contribution in [0.1, 0.15) is 25.3 Å². The number of aliphatic imine (C=N–C) groups is 1. The van der Waals surface area contributed by atoms with Crippen LogP contribution in [-0.4, -0.2) is 35.5 Å². The van der Waals surface area contributed by atoms with Crippen molar-refractivity contribution in [3.63, 3.8) is 0 Å². The molecule has 0 aliphatic heterocycles. The lowest BCUT2D eigenvalue weighted by molar-refractivity contribution is -0.124. The van der Waals surface area contributed by atoms with Gasteiger partial charge in [-0.15, -0.1) is 0 Å². The zero-order chi connectivity index (χ0) is 18.1. The van der Waals surface area contributed by atoms with Gasteiger partial charge in [-0.05, 0) is 25.3 Å². The van der Waals surface area contributed by atoms with E-state index in [-0.39, 0.29) is 23.7 Å². The third kappa shape index (κ3) is 5.99. The summed E-state index contributed by atoms with van der Waals surface area (Å²) in [6.07, 6.45) is 0.749. The maximum atomic E-state index is 12.4. The van der Waals surface area contributed by atoms with Gasteiger partial charge in [-0.25, -0.2) is 0 Å². The summed E-state index contributed by atoms with van der Waals surface area (Å²) < 4.78 is 0. The van der Waals surface area contributed by atoms with E-state index in [1.165, 1.54) is 6.92 Å². The number of nitrogens with two attached hydrogens (primary N) is 3. The van der Waals surface area contributed by atoms with Crippen LogP contribution in [0.4, 0.5) is 0 Å². The summed E-state index contributed by atoms with van der Waals surface area (Å²) in [6, 6.07) is 7.77. The molecule has 0 heterocycles. The number of hydrogen-bond acceptors (Lipinski definition) is 4. The van der Waals surface area contributed by atoms with Gasteiger partial charge in [0, 0.05) is 6.54 Å². The number of aliphatic hydroxyl groups is 1. The largest absolute Gasteiger partial charge is 0.512 e. The SMILES string of the molecule is C/C(O)=C(/C(=O)N[C@@H](CCCN=C(N)N)C(N)=O)c1ccccc1. The van der Waals surface area contributed by atoms with Gasteiger partial charge in [0.1, 0.15) is 11.8 Å². The van der Waals surface area contributed by atoms with Crippen molar-refractivity contribution in [2.75, 3.05) is 6.54 Å². The van der Waals surface area contributed by atoms with E-state index in [1.807, 2.05) is 0 Å². The Labute approximate surface area is 140 Å². The van der Waals surface area contributed by atoms with Gasteiger partial charge in [0.25, 0.3) is 5.91 Å². The second-order valence-electron chi connectivity index (χ2n) is 5.20. The average molecular weight is 333 g/mol. The Balaban J connectivity index is 2.81. The van der Waals surface area contributed by atoms with Gasteiger partial charge in [-0.3, -0.25) is 14.6 Å². The van der Waals surface area contributed by atoms with Gasteiger partial charge in [-0.2, -0.15) is 0 Å². The Morgan fingerprint density at radius 2 is 1.83 bits per heavy atom. The number of carbonyl (C=O) groups excluding carboxylic acids is 2. The molecule has 0 aromatic heterocycles. The maximum Gasteiger partial charge on any atom is 0.255 e. The molecule has 1 rings (SSSR count). The van der Waals surface area contributed by atoms with E-state index in [4.69, 9.17) is 17.2 Å². The minimum atomic E-state index is -0.884. The van der Waals surface area contributed by atoms with Crippen LogP contribution < -0.4 is 22.5 Å². The van der Waals surface area contributed by atoms with Gasteiger partial charge in [-0.1, -0.05) is 30.3 Å². The van der Waals surface area contributed by atoms with Crippen LogP contribution in [0.3, 0.4) is 0 Å². The standard InChI is InChI=1S/C16H23N5O3/c1-10(22)13(11-6-3-2-4-7-11)15(24)21-12(14(17)23)8-5-9-20-16(18)19/h2-4,6-7,12,22H,5,8-9H2,1H3,(H2,17,23)(H,21,24)(H4,18,19,20)/b13-10-/t12-/m0/s1. The van der Waals surface area contributed by atoms with E-state index < -0.39 is 17.9 Å². The minimum absolute atomic E-state index is 0.0418. The lowest BCUT2D eigenvalue weighted by atomic mass is 10.0. The third-order valence-corrected chi connectivity index (χ3v) is 3.25. The van der Waals surface area contributed by atoms with Crippen molar-refractivity contribution in [1.82, 2.24) is 5.32 Å². The summed E-state index contributed by atoms with van der Waals surface area (Å²) in [6.45, 7) is 1.72. The Bertz CT molecular complexity index is 632. The Hall–Kier alpha value is -3.03. The normalized spacial score (nSPS) is 12.7. The molecule has 0 saturated carbocycles. The fraction of sp³-hybridized carbons (Fsp3) is 0.312. The first-order valence-corrected chi connectivity index (χ1v) is 7.43. The highest BCUT2D eigenvalue weighted by molar-refractivity contribution is 6.20. The number of benzene rings is 1. The fourth-order valence-corrected chi connectivity index (χ4v) is 2.13. The van der Waals surface area contributed by atoms with Crippen molar-refractivity contribution in [3.05, 3.63) is 41.7 Å². The molecule has 0 radical (unpaired) electrons. The molecule has 1 aromatic rings. The van der Waals surface area contributed by atoms with Crippen LogP contribution in [0.25, 0.3) is 5.57 Å². The van der Waals surface area contributed by atoms with Crippen LogP contribution in [0, 0.1) is 0 Å². The lowest BCUT2D eigenvalue weighted by Crippen LogP contribution is -2.45. The van der Waals surface area contributed by atoms with Crippen molar-refractivity contribution in [3.8, 4) is 0 Å². The highest BCUT2D eigenvalue weighted by Crippen LogP contribution is 2.18. The summed E-state index contributed by atoms with van der Waals surface area (Å²) >= 11 is 0. The zero-order valence-electron chi connectivity index (χ0n) is 13.5. The predicted molar refractivity (Wildman–Crippen MR) is 92.7 cm³/mol. The molecule has 0 saturated heterocycles. The molecule has 0 aliphatic rings. The molecule has 1 atom stereocenters. The monoisotopic (exact) mass is 333 g/mol. The highest BCUT2D eigenvalue weighted by Gasteiger charge is 2.22. The van der Waals surface area contributed by atoms with E-state index in [0.717, 1.165) is 0 Å². The minimum Gasteiger partial charge on any atom is -0.512 e. The Morgan fingerprint density at radius 3 is 2.33 bits per heavy atom. The van der Waals surface area contributed by atoms with Gasteiger partial charge in [0.15, 0.2) is 5.96 Å². The molecule has 0 fully saturated rings. The third-order valence-electron chi connectivity index (χ3n) is 3.25. The number of rotatable bonds is 8. The molecule has 24 heavy (non-hydrogen) atoms. The smallest absolute Gasteiger partial charge is 0.255 e. The molecule has 8 N–H and O–H groups in total. The van der Waals surface area contributed by atoms with E-state index in [2.05, 4.69) is 10.3 Å². The summed E-state index contributed by atoms with van der Waals surface area (Å²) in [7, 11) is 0. The second kappa shape index (κ2) is 9.19. The van der Waals surface area contributed by atoms with Gasteiger partial charge >= 0.3 is 0 Å². The van der Waals surface area contributed by atoms with Crippen LogP contribution in [-0.2, 0) is 9.59 Å². The molecule has 0 bridgehead atoms. The molecule has 0 spiro atoms. The van der Waals surface area contributed by atoms with Crippen LogP contribution in [0.5, 0.6) is 0 Å². The van der Waals surface area contributed by atoms with Crippen molar-refractivity contribution in [1.29, 1.82) is 0 Å². The lowest BCUT2D eigenvalue weighted by Gasteiger charge is -2.17. The van der Waals surface area contributed by atoms with Crippen LogP contribution in [0.15, 0.2) is 41.1 Å². The summed E-state index contributed by atoms with van der Waals surface area (Å²) in [4.78, 5) is 27.8. The number of primary amides is 1. The molecule has 130 valence electrons. The molecule has 8 nitrogen and oxygen atoms in total. The number of carbonyl (C=O) groups is 2. The molecular weight excluding hydrogens is 310 g/mol. The summed E-state index contributed by atoms with van der Waals surface area (Å²) in [5.41, 5.74) is 16.4. The van der Waals surface area contributed by atoms with Gasteiger partial charge in [0.2, 0.25) is 5.91 Å². The van der Waals surface area contributed by atoms with Gasteiger partial charge < -0.3 is 27.6 Å². The number of allylic oxidation sites excluding steroid dienone is 1. The molecule has 0 aliphatic carbocycles. The molecular formula is C16H23N5O3. The quantitative estimate of drug-likeness (QED) is 0.149. The number of nitrogens with zero attached hydrogens (tertiary/aromatic N) is 1. The van der Waals surface area contributed by atoms with E-state index in [9.17, 15) is 14.7 Å². The van der Waals surface area contributed by atoms with Crippen molar-refractivity contribution in [2.45, 2.75) is 25.8 Å². The summed E-state index contributed by atoms with van der Waals surface area (Å²) in [5, 5.41) is 12.4. The highest BCUT2D eigenvalue weighted by atomic mass is 16.3. The Morgan fingerprint density at radius 1 is 1.21 bits per heavy atom. The van der Waals surface area contributed by atoms with E-state index in [1.54, 1.807) is 30.3 Å². The Kier molecular flexibility index (Phi) is 7.28. The number of nitrogens with one attached hydrogen (secondary N) is 1. The van der Waals surface area contributed by atoms with Crippen molar-refractivity contribution in [2.24, 2.45) is 22.2 Å². The van der Waals surface area contributed by atoms with E-state index in [0.29, 0.717) is 18.5 Å². The first-order valence-electron chi connectivity index (χ1n) is 7.43. The zero-order valence-corrected chi connectivity index (χ0v) is 13.5. The number of hydrogen-bond donors (Lipinski definition) is 5.